The molecule has 1 amide bonds. The molecule has 1 aliphatic rings. The van der Waals surface area contributed by atoms with Crippen LogP contribution in [0.25, 0.3) is 16.8 Å². The van der Waals surface area contributed by atoms with Crippen molar-refractivity contribution in [1.29, 1.82) is 0 Å². The van der Waals surface area contributed by atoms with Gasteiger partial charge < -0.3 is 9.47 Å². The Kier molecular flexibility index (Phi) is 9.42. The number of rotatable bonds is 7. The third-order valence-corrected chi connectivity index (χ3v) is 9.99. The lowest BCUT2D eigenvalue weighted by Crippen LogP contribution is -2.28. The standard InChI is InChI=1S/C36H27Cl2IN2O3S/c1-21-11-13-26(18-29(21)37)40-36-41(27-14-12-22(2)30(38)19-27)35(42)33(45-36)17-23-15-31(39)34(32(16-23)43-3)44-20-25-9-6-8-24-7-4-5-10-28(24)25/h4-19H,20H2,1-3H3/b33-17+,40-36?. The molecule has 0 unspecified atom stereocenters. The van der Waals surface area contributed by atoms with E-state index in [9.17, 15) is 4.79 Å². The molecule has 5 aromatic rings. The number of carbonyl (C=O) groups is 1. The van der Waals surface area contributed by atoms with Gasteiger partial charge in [0.05, 0.1) is 27.0 Å². The lowest BCUT2D eigenvalue weighted by molar-refractivity contribution is -0.113. The molecule has 0 atom stereocenters. The van der Waals surface area contributed by atoms with E-state index < -0.39 is 0 Å². The summed E-state index contributed by atoms with van der Waals surface area (Å²) in [6, 6.07) is 29.4. The number of benzene rings is 5. The molecule has 1 aliphatic heterocycles. The number of amidine groups is 1. The van der Waals surface area contributed by atoms with Crippen LogP contribution in [0, 0.1) is 17.4 Å². The first kappa shape index (κ1) is 31.5. The zero-order valence-corrected chi connectivity index (χ0v) is 29.1. The fourth-order valence-corrected chi connectivity index (χ4v) is 7.07. The van der Waals surface area contributed by atoms with Crippen molar-refractivity contribution >= 4 is 96.9 Å². The molecule has 45 heavy (non-hydrogen) atoms. The van der Waals surface area contributed by atoms with Crippen LogP contribution in [0.1, 0.15) is 22.3 Å². The van der Waals surface area contributed by atoms with Crippen molar-refractivity contribution in [2.24, 2.45) is 4.99 Å². The summed E-state index contributed by atoms with van der Waals surface area (Å²) >= 11 is 16.4. The molecule has 1 heterocycles. The molecule has 226 valence electrons. The smallest absolute Gasteiger partial charge is 0.271 e. The monoisotopic (exact) mass is 764 g/mol. The van der Waals surface area contributed by atoms with E-state index in [0.717, 1.165) is 36.6 Å². The molecule has 0 radical (unpaired) electrons. The van der Waals surface area contributed by atoms with Crippen LogP contribution < -0.4 is 14.4 Å². The third kappa shape index (κ3) is 6.72. The largest absolute Gasteiger partial charge is 0.493 e. The van der Waals surface area contributed by atoms with Gasteiger partial charge in [0.25, 0.3) is 5.91 Å². The number of fused-ring (bicyclic) bond motifs is 1. The number of halogens is 3. The number of ether oxygens (including phenoxy) is 2. The maximum absolute atomic E-state index is 13.9. The molecule has 1 saturated heterocycles. The Bertz CT molecular complexity index is 2020. The van der Waals surface area contributed by atoms with Crippen LogP contribution in [0.5, 0.6) is 11.5 Å². The van der Waals surface area contributed by atoms with E-state index >= 15 is 0 Å². The number of thioether (sulfide) groups is 1. The van der Waals surface area contributed by atoms with Crippen LogP contribution in [0.15, 0.2) is 101 Å². The molecule has 0 saturated carbocycles. The molecule has 5 aromatic carbocycles. The van der Waals surface area contributed by atoms with Crippen LogP contribution in [0.3, 0.4) is 0 Å². The van der Waals surface area contributed by atoms with Gasteiger partial charge in [0.2, 0.25) is 0 Å². The third-order valence-electron chi connectivity index (χ3n) is 7.40. The van der Waals surface area contributed by atoms with Crippen LogP contribution in [0.2, 0.25) is 10.0 Å². The van der Waals surface area contributed by atoms with E-state index in [2.05, 4.69) is 46.9 Å². The summed E-state index contributed by atoms with van der Waals surface area (Å²) in [7, 11) is 1.61. The van der Waals surface area contributed by atoms with Gasteiger partial charge in [-0.25, -0.2) is 4.99 Å². The highest BCUT2D eigenvalue weighted by Gasteiger charge is 2.35. The summed E-state index contributed by atoms with van der Waals surface area (Å²) in [6.45, 7) is 4.25. The zero-order valence-electron chi connectivity index (χ0n) is 24.6. The first-order valence-electron chi connectivity index (χ1n) is 14.0. The van der Waals surface area contributed by atoms with Crippen molar-refractivity contribution in [1.82, 2.24) is 0 Å². The number of amides is 1. The number of aryl methyl sites for hydroxylation is 2. The first-order chi connectivity index (χ1) is 21.7. The molecule has 0 aromatic heterocycles. The van der Waals surface area contributed by atoms with E-state index in [-0.39, 0.29) is 5.91 Å². The Morgan fingerprint density at radius 3 is 2.40 bits per heavy atom. The summed E-state index contributed by atoms with van der Waals surface area (Å²) in [5.74, 6) is 1.02. The fraction of sp³-hybridized carbons (Fsp3) is 0.111. The van der Waals surface area contributed by atoms with Gasteiger partial charge in [0, 0.05) is 10.0 Å². The predicted octanol–water partition coefficient (Wildman–Crippen LogP) is 10.8. The van der Waals surface area contributed by atoms with Crippen molar-refractivity contribution in [2.45, 2.75) is 20.5 Å². The number of aliphatic imine (C=N–C) groups is 1. The molecule has 9 heteroatoms. The topological polar surface area (TPSA) is 51.1 Å². The number of hydrogen-bond acceptors (Lipinski definition) is 5. The SMILES string of the molecule is COc1cc(/C=C2/SC(=Nc3ccc(C)c(Cl)c3)N(c3ccc(C)c(Cl)c3)C2=O)cc(I)c1OCc1cccc2ccccc12. The zero-order chi connectivity index (χ0) is 31.7. The van der Waals surface area contributed by atoms with Gasteiger partial charge >= 0.3 is 0 Å². The molecule has 1 fully saturated rings. The second-order valence-corrected chi connectivity index (χ2v) is 13.5. The van der Waals surface area contributed by atoms with E-state index in [0.29, 0.717) is 49.6 Å². The number of carbonyl (C=O) groups excluding carboxylic acids is 1. The molecule has 6 rings (SSSR count). The Labute approximate surface area is 290 Å². The number of anilines is 1. The average molecular weight is 766 g/mol. The average Bonchev–Trinajstić information content (AvgIpc) is 3.33. The van der Waals surface area contributed by atoms with Gasteiger partial charge in [-0.05, 0) is 124 Å². The van der Waals surface area contributed by atoms with Crippen molar-refractivity contribution in [3.63, 3.8) is 0 Å². The number of nitrogens with zero attached hydrogens (tertiary/aromatic N) is 2. The Hall–Kier alpha value is -3.50. The fourth-order valence-electron chi connectivity index (χ4n) is 4.94. The van der Waals surface area contributed by atoms with E-state index in [1.165, 1.54) is 11.8 Å². The summed E-state index contributed by atoms with van der Waals surface area (Å²) < 4.78 is 12.9. The molecular weight excluding hydrogens is 738 g/mol. The number of hydrogen-bond donors (Lipinski definition) is 0. The maximum Gasteiger partial charge on any atom is 0.271 e. The highest BCUT2D eigenvalue weighted by Crippen LogP contribution is 2.41. The molecule has 0 spiro atoms. The van der Waals surface area contributed by atoms with Gasteiger partial charge in [0.15, 0.2) is 16.7 Å². The van der Waals surface area contributed by atoms with E-state index in [1.54, 1.807) is 24.1 Å². The summed E-state index contributed by atoms with van der Waals surface area (Å²) in [6.07, 6.45) is 1.85. The van der Waals surface area contributed by atoms with Gasteiger partial charge in [-0.2, -0.15) is 0 Å². The maximum atomic E-state index is 13.9. The van der Waals surface area contributed by atoms with Crippen molar-refractivity contribution < 1.29 is 14.3 Å². The minimum absolute atomic E-state index is 0.206. The molecule has 0 aliphatic carbocycles. The van der Waals surface area contributed by atoms with Crippen molar-refractivity contribution in [3.05, 3.63) is 132 Å². The lowest BCUT2D eigenvalue weighted by Gasteiger charge is -2.17. The quantitative estimate of drug-likeness (QED) is 0.122. The number of methoxy groups -OCH3 is 1. The molecule has 0 bridgehead atoms. The van der Waals surface area contributed by atoms with E-state index in [4.69, 9.17) is 37.7 Å². The Balaban J connectivity index is 1.34. The lowest BCUT2D eigenvalue weighted by atomic mass is 10.1. The summed E-state index contributed by atoms with van der Waals surface area (Å²) in [5, 5.41) is 3.99. The van der Waals surface area contributed by atoms with E-state index in [1.807, 2.05) is 74.5 Å². The van der Waals surface area contributed by atoms with Crippen LogP contribution >= 0.6 is 57.6 Å². The molecule has 5 nitrogen and oxygen atoms in total. The van der Waals surface area contributed by atoms with Crippen molar-refractivity contribution in [2.75, 3.05) is 12.0 Å². The minimum atomic E-state index is -0.206. The van der Waals surface area contributed by atoms with Gasteiger partial charge in [-0.15, -0.1) is 0 Å². The van der Waals surface area contributed by atoms with Gasteiger partial charge in [-0.1, -0.05) is 77.8 Å². The van der Waals surface area contributed by atoms with Crippen LogP contribution in [0.4, 0.5) is 11.4 Å². The first-order valence-corrected chi connectivity index (χ1v) is 16.7. The van der Waals surface area contributed by atoms with Gasteiger partial charge in [0.1, 0.15) is 6.61 Å². The highest BCUT2D eigenvalue weighted by atomic mass is 127. The summed E-state index contributed by atoms with van der Waals surface area (Å²) in [4.78, 5) is 20.8. The normalized spacial score (nSPS) is 15.0. The van der Waals surface area contributed by atoms with Gasteiger partial charge in [-0.3, -0.25) is 9.69 Å². The van der Waals surface area contributed by atoms with Crippen molar-refractivity contribution in [3.8, 4) is 11.5 Å². The Morgan fingerprint density at radius 1 is 0.911 bits per heavy atom. The predicted molar refractivity (Wildman–Crippen MR) is 197 cm³/mol. The molecular formula is C36H27Cl2IN2O3S. The van der Waals surface area contributed by atoms with Crippen LogP contribution in [-0.2, 0) is 11.4 Å². The second kappa shape index (κ2) is 13.5. The highest BCUT2D eigenvalue weighted by molar-refractivity contribution is 14.1. The Morgan fingerprint density at radius 2 is 1.64 bits per heavy atom. The second-order valence-electron chi connectivity index (χ2n) is 10.5. The minimum Gasteiger partial charge on any atom is -0.493 e. The molecule has 0 N–H and O–H groups in total. The van der Waals surface area contributed by atoms with Crippen LogP contribution in [-0.4, -0.2) is 18.2 Å². The summed E-state index contributed by atoms with van der Waals surface area (Å²) in [5.41, 5.74) is 5.03.